The van der Waals surface area contributed by atoms with E-state index in [9.17, 15) is 0 Å². The van der Waals surface area contributed by atoms with Gasteiger partial charge >= 0.3 is 0 Å². The first kappa shape index (κ1) is 42.3. The number of nitrogens with one attached hydrogen (secondary N) is 2. The van der Waals surface area contributed by atoms with Gasteiger partial charge in [-0.1, -0.05) is 150 Å². The molecule has 0 saturated carbocycles. The molecule has 0 aliphatic carbocycles. The Labute approximate surface area is 361 Å². The van der Waals surface area contributed by atoms with Crippen LogP contribution in [-0.2, 0) is 25.7 Å². The average molecular weight is 789 g/mol. The molecule has 0 aliphatic rings. The smallest absolute Gasteiger partial charge is 0.0387 e. The first-order valence-electron chi connectivity index (χ1n) is 22.7. The lowest BCUT2D eigenvalue weighted by Crippen LogP contribution is -1.99. The zero-order valence-corrected chi connectivity index (χ0v) is 36.9. The maximum atomic E-state index is 3.66. The first-order chi connectivity index (χ1) is 29.3. The minimum absolute atomic E-state index is 0.970. The number of benzene rings is 7. The van der Waals surface area contributed by atoms with Crippen molar-refractivity contribution in [3.63, 3.8) is 0 Å². The van der Waals surface area contributed by atoms with Crippen LogP contribution in [0.1, 0.15) is 99.6 Å². The van der Waals surface area contributed by atoms with Crippen molar-refractivity contribution in [3.05, 3.63) is 179 Å². The second-order valence-electron chi connectivity index (χ2n) is 16.6. The second kappa shape index (κ2) is 20.4. The highest BCUT2D eigenvalue weighted by Crippen LogP contribution is 2.38. The highest BCUT2D eigenvalue weighted by Gasteiger charge is 2.15. The van der Waals surface area contributed by atoms with Gasteiger partial charge in [-0.25, -0.2) is 0 Å². The van der Waals surface area contributed by atoms with Crippen molar-refractivity contribution >= 4 is 22.7 Å². The SMILES string of the molecule is CCCCCc1ccc(-c2ccc(Nc3ccc(-c4cc(CC)c(-c5ccc(Nc6ccc(-c7ccc(CCCCC)cc7)cc6)cc5C)cc4CC)c(C)c3)cc2)cc1. The van der Waals surface area contributed by atoms with Gasteiger partial charge in [-0.15, -0.1) is 0 Å². The van der Waals surface area contributed by atoms with Crippen molar-refractivity contribution in [2.24, 2.45) is 0 Å². The largest absolute Gasteiger partial charge is 0.356 e. The molecule has 0 heterocycles. The van der Waals surface area contributed by atoms with Crippen LogP contribution in [0.4, 0.5) is 22.7 Å². The summed E-state index contributed by atoms with van der Waals surface area (Å²) >= 11 is 0. The molecule has 0 unspecified atom stereocenters. The Bertz CT molecular complexity index is 2280. The van der Waals surface area contributed by atoms with E-state index in [1.165, 1.54) is 129 Å². The van der Waals surface area contributed by atoms with Crippen molar-refractivity contribution < 1.29 is 0 Å². The van der Waals surface area contributed by atoms with Crippen LogP contribution in [-0.4, -0.2) is 0 Å². The van der Waals surface area contributed by atoms with E-state index in [0.29, 0.717) is 0 Å². The topological polar surface area (TPSA) is 24.1 Å². The second-order valence-corrected chi connectivity index (χ2v) is 16.6. The van der Waals surface area contributed by atoms with Gasteiger partial charge < -0.3 is 10.6 Å². The van der Waals surface area contributed by atoms with Crippen LogP contribution >= 0.6 is 0 Å². The molecule has 7 aromatic carbocycles. The summed E-state index contributed by atoms with van der Waals surface area (Å²) in [6, 6.07) is 54.3. The van der Waals surface area contributed by atoms with E-state index < -0.39 is 0 Å². The van der Waals surface area contributed by atoms with Crippen molar-refractivity contribution in [3.8, 4) is 44.5 Å². The summed E-state index contributed by atoms with van der Waals surface area (Å²) < 4.78 is 0. The number of anilines is 4. The van der Waals surface area contributed by atoms with Crippen LogP contribution in [0, 0.1) is 13.8 Å². The third kappa shape index (κ3) is 10.5. The molecule has 0 amide bonds. The van der Waals surface area contributed by atoms with E-state index in [1.54, 1.807) is 0 Å². The lowest BCUT2D eigenvalue weighted by molar-refractivity contribution is 0.717. The van der Waals surface area contributed by atoms with Gasteiger partial charge in [0.25, 0.3) is 0 Å². The minimum Gasteiger partial charge on any atom is -0.356 e. The Morgan fingerprint density at radius 2 is 0.667 bits per heavy atom. The molecular weight excluding hydrogens is 725 g/mol. The van der Waals surface area contributed by atoms with Crippen LogP contribution in [0.3, 0.4) is 0 Å². The summed E-state index contributed by atoms with van der Waals surface area (Å²) in [7, 11) is 0. The van der Waals surface area contributed by atoms with Crippen LogP contribution in [0.2, 0.25) is 0 Å². The molecule has 0 saturated heterocycles. The summed E-state index contributed by atoms with van der Waals surface area (Å²) in [5.41, 5.74) is 22.9. The maximum Gasteiger partial charge on any atom is 0.0387 e. The van der Waals surface area contributed by atoms with Crippen LogP contribution in [0.5, 0.6) is 0 Å². The summed E-state index contributed by atoms with van der Waals surface area (Å²) in [5.74, 6) is 0. The zero-order chi connectivity index (χ0) is 41.8. The highest BCUT2D eigenvalue weighted by atomic mass is 14.9. The third-order valence-electron chi connectivity index (χ3n) is 12.2. The average Bonchev–Trinajstić information content (AvgIpc) is 3.27. The monoisotopic (exact) mass is 789 g/mol. The number of aryl methyl sites for hydroxylation is 6. The Morgan fingerprint density at radius 1 is 0.333 bits per heavy atom. The molecule has 2 heteroatoms. The van der Waals surface area contributed by atoms with Gasteiger partial charge in [-0.05, 0) is 179 Å². The van der Waals surface area contributed by atoms with E-state index in [-0.39, 0.29) is 0 Å². The molecule has 60 heavy (non-hydrogen) atoms. The van der Waals surface area contributed by atoms with Crippen molar-refractivity contribution in [1.82, 2.24) is 0 Å². The van der Waals surface area contributed by atoms with Crippen molar-refractivity contribution in [2.75, 3.05) is 10.6 Å². The summed E-state index contributed by atoms with van der Waals surface area (Å²) in [4.78, 5) is 0. The van der Waals surface area contributed by atoms with Crippen LogP contribution < -0.4 is 10.6 Å². The lowest BCUT2D eigenvalue weighted by Gasteiger charge is -2.19. The summed E-state index contributed by atoms with van der Waals surface area (Å²) in [6.07, 6.45) is 11.9. The zero-order valence-electron chi connectivity index (χ0n) is 36.9. The number of unbranched alkanes of at least 4 members (excludes halogenated alkanes) is 4. The Hall–Kier alpha value is -5.86. The lowest BCUT2D eigenvalue weighted by atomic mass is 9.86. The normalized spacial score (nSPS) is 11.2. The molecule has 0 atom stereocenters. The van der Waals surface area contributed by atoms with E-state index >= 15 is 0 Å². The number of rotatable bonds is 18. The van der Waals surface area contributed by atoms with Crippen molar-refractivity contribution in [2.45, 2.75) is 106 Å². The molecule has 0 bridgehead atoms. The molecule has 0 radical (unpaired) electrons. The molecular formula is C58H64N2. The quantitative estimate of drug-likeness (QED) is 0.0847. The Morgan fingerprint density at radius 3 is 0.983 bits per heavy atom. The molecule has 0 aromatic heterocycles. The molecule has 7 aromatic rings. The maximum absolute atomic E-state index is 3.66. The van der Waals surface area contributed by atoms with Gasteiger partial charge in [0, 0.05) is 22.7 Å². The van der Waals surface area contributed by atoms with Gasteiger partial charge in [0.1, 0.15) is 0 Å². The predicted octanol–water partition coefficient (Wildman–Crippen LogP) is 17.0. The van der Waals surface area contributed by atoms with Gasteiger partial charge in [0.05, 0.1) is 0 Å². The first-order valence-corrected chi connectivity index (χ1v) is 22.7. The molecule has 306 valence electrons. The van der Waals surface area contributed by atoms with Gasteiger partial charge in [0.2, 0.25) is 0 Å². The number of hydrogen-bond acceptors (Lipinski definition) is 2. The van der Waals surface area contributed by atoms with E-state index in [1.807, 2.05) is 0 Å². The minimum atomic E-state index is 0.970. The fraction of sp³-hybridized carbons (Fsp3) is 0.276. The highest BCUT2D eigenvalue weighted by molar-refractivity contribution is 5.82. The van der Waals surface area contributed by atoms with E-state index in [4.69, 9.17) is 0 Å². The molecule has 2 N–H and O–H groups in total. The summed E-state index contributed by atoms with van der Waals surface area (Å²) in [6.45, 7) is 13.6. The number of hydrogen-bond donors (Lipinski definition) is 2. The fourth-order valence-corrected chi connectivity index (χ4v) is 8.57. The third-order valence-corrected chi connectivity index (χ3v) is 12.2. The molecule has 2 nitrogen and oxygen atoms in total. The van der Waals surface area contributed by atoms with E-state index in [0.717, 1.165) is 35.6 Å². The molecule has 7 rings (SSSR count). The Kier molecular flexibility index (Phi) is 14.4. The molecule has 0 fully saturated rings. The van der Waals surface area contributed by atoms with E-state index in [2.05, 4.69) is 198 Å². The standard InChI is InChI=1S/C58H64N2/c1-7-11-13-15-43-17-21-47(22-18-43)49-25-29-51(30-26-49)59-53-33-35-55(41(5)37-53)57-39-46(10-4)58(40-45(57)9-3)56-36-34-54(38-42(56)6)60-52-31-27-50(28-32-52)48-23-19-44(20-24-48)16-14-12-8-2/h17-40,59-60H,7-16H2,1-6H3. The molecule has 0 spiro atoms. The van der Waals surface area contributed by atoms with Crippen LogP contribution in [0.25, 0.3) is 44.5 Å². The predicted molar refractivity (Wildman–Crippen MR) is 262 cm³/mol. The molecule has 0 aliphatic heterocycles. The fourth-order valence-electron chi connectivity index (χ4n) is 8.57. The van der Waals surface area contributed by atoms with Crippen LogP contribution in [0.15, 0.2) is 146 Å². The van der Waals surface area contributed by atoms with Gasteiger partial charge in [-0.2, -0.15) is 0 Å². The summed E-state index contributed by atoms with van der Waals surface area (Å²) in [5, 5.41) is 7.32. The Balaban J connectivity index is 1.02. The van der Waals surface area contributed by atoms with Gasteiger partial charge in [0.15, 0.2) is 0 Å². The van der Waals surface area contributed by atoms with Gasteiger partial charge in [-0.3, -0.25) is 0 Å². The van der Waals surface area contributed by atoms with Crippen molar-refractivity contribution in [1.29, 1.82) is 0 Å².